The summed E-state index contributed by atoms with van der Waals surface area (Å²) in [6.07, 6.45) is 6.60. The Balaban J connectivity index is 2.49. The Kier molecular flexibility index (Phi) is 2.82. The quantitative estimate of drug-likeness (QED) is 0.733. The van der Waals surface area contributed by atoms with E-state index in [-0.39, 0.29) is 12.5 Å². The third-order valence-electron chi connectivity index (χ3n) is 2.42. The molecule has 6 nitrogen and oxygen atoms in total. The van der Waals surface area contributed by atoms with E-state index in [1.54, 1.807) is 29.2 Å². The molecule has 84 valence electrons. The number of imidazole rings is 1. The molecule has 0 radical (unpaired) electrons. The second kappa shape index (κ2) is 4.28. The molecule has 2 N–H and O–H groups in total. The van der Waals surface area contributed by atoms with Crippen LogP contribution in [0.15, 0.2) is 24.8 Å². The second-order valence-corrected chi connectivity index (χ2v) is 3.30. The molecule has 0 aliphatic rings. The summed E-state index contributed by atoms with van der Waals surface area (Å²) < 4.78 is 6.48. The number of nitrogens with zero attached hydrogens (tertiary/aromatic N) is 3. The lowest BCUT2D eigenvalue weighted by atomic mass is 10.1. The number of rotatable bonds is 3. The summed E-state index contributed by atoms with van der Waals surface area (Å²) in [5, 5.41) is 0. The molecule has 1 atom stereocenters. The van der Waals surface area contributed by atoms with E-state index in [4.69, 9.17) is 10.5 Å². The fourth-order valence-corrected chi connectivity index (χ4v) is 1.60. The highest BCUT2D eigenvalue weighted by atomic mass is 16.5. The monoisotopic (exact) mass is 220 g/mol. The highest BCUT2D eigenvalue weighted by Crippen LogP contribution is 2.17. The van der Waals surface area contributed by atoms with Crippen LogP contribution in [0.25, 0.3) is 5.65 Å². The van der Waals surface area contributed by atoms with Gasteiger partial charge < -0.3 is 14.9 Å². The lowest BCUT2D eigenvalue weighted by Gasteiger charge is -2.11. The van der Waals surface area contributed by atoms with Gasteiger partial charge in [-0.1, -0.05) is 0 Å². The molecule has 0 saturated carbocycles. The first kappa shape index (κ1) is 10.6. The molecule has 16 heavy (non-hydrogen) atoms. The fourth-order valence-electron chi connectivity index (χ4n) is 1.60. The van der Waals surface area contributed by atoms with Gasteiger partial charge in [0.05, 0.1) is 25.2 Å². The summed E-state index contributed by atoms with van der Waals surface area (Å²) >= 11 is 0. The van der Waals surface area contributed by atoms with Gasteiger partial charge in [-0.25, -0.2) is 4.98 Å². The number of aromatic nitrogens is 3. The van der Waals surface area contributed by atoms with E-state index in [9.17, 15) is 4.79 Å². The van der Waals surface area contributed by atoms with Crippen LogP contribution in [-0.4, -0.2) is 34.0 Å². The largest absolute Gasteiger partial charge is 0.468 e. The molecular formula is C10H12N4O2. The maximum atomic E-state index is 11.5. The van der Waals surface area contributed by atoms with Crippen LogP contribution in [0, 0.1) is 0 Å². The lowest BCUT2D eigenvalue weighted by Crippen LogP contribution is -2.24. The summed E-state index contributed by atoms with van der Waals surface area (Å²) in [5.41, 5.74) is 6.97. The number of hydrogen-bond acceptors (Lipinski definition) is 5. The first-order valence-electron chi connectivity index (χ1n) is 4.82. The average Bonchev–Trinajstić information content (AvgIpc) is 2.74. The molecule has 2 aromatic heterocycles. The van der Waals surface area contributed by atoms with E-state index < -0.39 is 5.92 Å². The maximum Gasteiger partial charge on any atom is 0.316 e. The van der Waals surface area contributed by atoms with Gasteiger partial charge in [-0.2, -0.15) is 0 Å². The summed E-state index contributed by atoms with van der Waals surface area (Å²) in [7, 11) is 1.34. The second-order valence-electron chi connectivity index (χ2n) is 3.30. The van der Waals surface area contributed by atoms with Crippen molar-refractivity contribution in [2.24, 2.45) is 5.73 Å². The molecule has 1 unspecified atom stereocenters. The van der Waals surface area contributed by atoms with Gasteiger partial charge in [0.2, 0.25) is 0 Å². The van der Waals surface area contributed by atoms with Crippen molar-refractivity contribution >= 4 is 11.6 Å². The zero-order chi connectivity index (χ0) is 11.5. The topological polar surface area (TPSA) is 82.5 Å². The number of hydrogen-bond donors (Lipinski definition) is 1. The molecule has 0 amide bonds. The molecule has 0 fully saturated rings. The molecule has 6 heteroatoms. The Labute approximate surface area is 92.1 Å². The number of esters is 1. The first-order valence-corrected chi connectivity index (χ1v) is 4.82. The van der Waals surface area contributed by atoms with E-state index in [1.807, 2.05) is 0 Å². The highest BCUT2D eigenvalue weighted by Gasteiger charge is 2.23. The lowest BCUT2D eigenvalue weighted by molar-refractivity contribution is -0.142. The molecule has 0 aromatic carbocycles. The van der Waals surface area contributed by atoms with Crippen molar-refractivity contribution < 1.29 is 9.53 Å². The normalized spacial score (nSPS) is 12.6. The summed E-state index contributed by atoms with van der Waals surface area (Å²) in [5.74, 6) is -0.858. The molecule has 0 aliphatic heterocycles. The molecule has 0 spiro atoms. The molecule has 2 heterocycles. The van der Waals surface area contributed by atoms with Crippen LogP contribution < -0.4 is 5.73 Å². The van der Waals surface area contributed by atoms with Crippen LogP contribution >= 0.6 is 0 Å². The minimum atomic E-state index is -0.498. The summed E-state index contributed by atoms with van der Waals surface area (Å²) in [4.78, 5) is 19.6. The fraction of sp³-hybridized carbons (Fsp3) is 0.300. The van der Waals surface area contributed by atoms with Crippen molar-refractivity contribution in [3.8, 4) is 0 Å². The number of methoxy groups -OCH3 is 1. The van der Waals surface area contributed by atoms with E-state index >= 15 is 0 Å². The highest BCUT2D eigenvalue weighted by molar-refractivity contribution is 5.78. The van der Waals surface area contributed by atoms with Crippen molar-refractivity contribution in [1.82, 2.24) is 14.4 Å². The number of ether oxygens (including phenoxy) is 1. The molecule has 0 bridgehead atoms. The first-order chi connectivity index (χ1) is 7.77. The van der Waals surface area contributed by atoms with Crippen LogP contribution in [0.1, 0.15) is 11.6 Å². The van der Waals surface area contributed by atoms with Crippen LogP contribution in [0.3, 0.4) is 0 Å². The van der Waals surface area contributed by atoms with Crippen LogP contribution in [-0.2, 0) is 9.53 Å². The van der Waals surface area contributed by atoms with Gasteiger partial charge in [-0.3, -0.25) is 9.78 Å². The number of fused-ring (bicyclic) bond motifs is 1. The molecular weight excluding hydrogens is 208 g/mol. The van der Waals surface area contributed by atoms with Gasteiger partial charge in [-0.15, -0.1) is 0 Å². The Morgan fingerprint density at radius 1 is 1.62 bits per heavy atom. The van der Waals surface area contributed by atoms with Gasteiger partial charge in [0, 0.05) is 18.9 Å². The van der Waals surface area contributed by atoms with Crippen molar-refractivity contribution in [3.05, 3.63) is 30.5 Å². The predicted octanol–water partition coefficient (Wildman–Crippen LogP) is -0.0554. The van der Waals surface area contributed by atoms with Crippen LogP contribution in [0.4, 0.5) is 0 Å². The van der Waals surface area contributed by atoms with E-state index in [1.165, 1.54) is 7.11 Å². The van der Waals surface area contributed by atoms with Gasteiger partial charge in [0.1, 0.15) is 5.92 Å². The Morgan fingerprint density at radius 3 is 3.12 bits per heavy atom. The van der Waals surface area contributed by atoms with Gasteiger partial charge in [-0.05, 0) is 0 Å². The smallest absolute Gasteiger partial charge is 0.316 e. The molecule has 2 aromatic rings. The molecule has 0 aliphatic carbocycles. The van der Waals surface area contributed by atoms with Crippen molar-refractivity contribution in [1.29, 1.82) is 0 Å². The zero-order valence-electron chi connectivity index (χ0n) is 8.83. The summed E-state index contributed by atoms with van der Waals surface area (Å²) in [6, 6.07) is 0. The minimum absolute atomic E-state index is 0.183. The van der Waals surface area contributed by atoms with Crippen molar-refractivity contribution in [3.63, 3.8) is 0 Å². The SMILES string of the molecule is COC(=O)C(CN)c1cnc2cnccn12. The Hall–Kier alpha value is -1.95. The number of carbonyl (C=O) groups is 1. The van der Waals surface area contributed by atoms with Gasteiger partial charge >= 0.3 is 5.97 Å². The van der Waals surface area contributed by atoms with Crippen LogP contribution in [0.5, 0.6) is 0 Å². The third kappa shape index (κ3) is 1.63. The summed E-state index contributed by atoms with van der Waals surface area (Å²) in [6.45, 7) is 0.183. The average molecular weight is 220 g/mol. The van der Waals surface area contributed by atoms with E-state index in [2.05, 4.69) is 9.97 Å². The Morgan fingerprint density at radius 2 is 2.44 bits per heavy atom. The van der Waals surface area contributed by atoms with E-state index in [0.717, 1.165) is 0 Å². The minimum Gasteiger partial charge on any atom is -0.468 e. The Bertz CT molecular complexity index is 508. The van der Waals surface area contributed by atoms with Crippen molar-refractivity contribution in [2.45, 2.75) is 5.92 Å². The predicted molar refractivity (Wildman–Crippen MR) is 56.8 cm³/mol. The maximum absolute atomic E-state index is 11.5. The molecule has 0 saturated heterocycles. The standard InChI is InChI=1S/C10H12N4O2/c1-16-10(15)7(4-11)8-5-13-9-6-12-2-3-14(8)9/h2-3,5-7H,4,11H2,1H3. The number of carbonyl (C=O) groups excluding carboxylic acids is 1. The van der Waals surface area contributed by atoms with Crippen LogP contribution in [0.2, 0.25) is 0 Å². The van der Waals surface area contributed by atoms with Crippen molar-refractivity contribution in [2.75, 3.05) is 13.7 Å². The zero-order valence-corrected chi connectivity index (χ0v) is 8.83. The van der Waals surface area contributed by atoms with Gasteiger partial charge in [0.15, 0.2) is 5.65 Å². The van der Waals surface area contributed by atoms with E-state index in [0.29, 0.717) is 11.3 Å². The molecule has 2 rings (SSSR count). The third-order valence-corrected chi connectivity index (χ3v) is 2.42. The number of nitrogens with two attached hydrogens (primary N) is 1. The van der Waals surface area contributed by atoms with Gasteiger partial charge in [0.25, 0.3) is 0 Å².